The van der Waals surface area contributed by atoms with E-state index in [0.717, 1.165) is 27.7 Å². The van der Waals surface area contributed by atoms with Crippen molar-refractivity contribution in [3.05, 3.63) is 75.3 Å². The number of rotatable bonds is 2. The molecule has 0 saturated carbocycles. The summed E-state index contributed by atoms with van der Waals surface area (Å²) in [4.78, 5) is 12.3. The Morgan fingerprint density at radius 3 is 2.80 bits per heavy atom. The average molecular weight is 398 g/mol. The molecular formula is C21H20BrNO2. The van der Waals surface area contributed by atoms with E-state index >= 15 is 0 Å². The van der Waals surface area contributed by atoms with Gasteiger partial charge in [-0.05, 0) is 48.1 Å². The van der Waals surface area contributed by atoms with E-state index in [1.54, 1.807) is 0 Å². The predicted molar refractivity (Wildman–Crippen MR) is 103 cm³/mol. The van der Waals surface area contributed by atoms with Gasteiger partial charge in [-0.25, -0.2) is 4.79 Å². The van der Waals surface area contributed by atoms with Gasteiger partial charge in [-0.3, -0.25) is 0 Å². The van der Waals surface area contributed by atoms with Gasteiger partial charge in [-0.2, -0.15) is 0 Å². The Morgan fingerprint density at radius 2 is 2.04 bits per heavy atom. The van der Waals surface area contributed by atoms with Crippen molar-refractivity contribution in [2.75, 3.05) is 12.4 Å². The van der Waals surface area contributed by atoms with Gasteiger partial charge in [0, 0.05) is 16.1 Å². The van der Waals surface area contributed by atoms with Crippen molar-refractivity contribution in [1.82, 2.24) is 0 Å². The van der Waals surface area contributed by atoms with E-state index in [9.17, 15) is 4.79 Å². The van der Waals surface area contributed by atoms with Gasteiger partial charge in [0.15, 0.2) is 0 Å². The molecule has 0 spiro atoms. The minimum atomic E-state index is -0.267. The van der Waals surface area contributed by atoms with Gasteiger partial charge in [0.05, 0.1) is 18.7 Å². The Labute approximate surface area is 156 Å². The third kappa shape index (κ3) is 2.60. The molecule has 0 radical (unpaired) electrons. The summed E-state index contributed by atoms with van der Waals surface area (Å²) in [6.45, 7) is 2.09. The lowest BCUT2D eigenvalue weighted by atomic mass is 9.75. The summed E-state index contributed by atoms with van der Waals surface area (Å²) in [7, 11) is 1.44. The number of benzene rings is 2. The molecule has 0 saturated heterocycles. The Hall–Kier alpha value is -2.07. The molecule has 1 aliphatic carbocycles. The molecule has 25 heavy (non-hydrogen) atoms. The van der Waals surface area contributed by atoms with Gasteiger partial charge >= 0.3 is 5.97 Å². The summed E-state index contributed by atoms with van der Waals surface area (Å²) >= 11 is 3.70. The Kier molecular flexibility index (Phi) is 4.16. The van der Waals surface area contributed by atoms with Gasteiger partial charge in [0.1, 0.15) is 0 Å². The highest BCUT2D eigenvalue weighted by molar-refractivity contribution is 9.10. The molecule has 3 atom stereocenters. The molecule has 4 rings (SSSR count). The number of allylic oxidation sites excluding steroid dienone is 2. The second-order valence-corrected chi connectivity index (χ2v) is 7.56. The first-order valence-corrected chi connectivity index (χ1v) is 9.30. The van der Waals surface area contributed by atoms with Crippen molar-refractivity contribution in [2.24, 2.45) is 5.92 Å². The summed E-state index contributed by atoms with van der Waals surface area (Å²) in [5, 5.41) is 3.74. The highest BCUT2D eigenvalue weighted by Crippen LogP contribution is 2.52. The van der Waals surface area contributed by atoms with Crippen LogP contribution in [-0.2, 0) is 4.74 Å². The standard InChI is InChI=1S/C21H20BrNO2/c1-12-10-11-16(21(24)25-2)18-13-7-5-8-14(13)20(23-19(12)18)15-6-3-4-9-17(15)22/h3-7,9-11,13-14,20,23H,8H2,1-2H3/t13-,14-,20+/m0/s1. The number of hydrogen-bond donors (Lipinski definition) is 1. The minimum absolute atomic E-state index is 0.203. The molecule has 1 heterocycles. The van der Waals surface area contributed by atoms with Crippen LogP contribution in [0.3, 0.4) is 0 Å². The summed E-state index contributed by atoms with van der Waals surface area (Å²) < 4.78 is 6.14. The number of halogens is 1. The van der Waals surface area contributed by atoms with Crippen molar-refractivity contribution in [3.8, 4) is 0 Å². The SMILES string of the molecule is COC(=O)c1ccc(C)c2c1[C@H]1C=CC[C@@H]1[C@H](c1ccccc1Br)N2. The van der Waals surface area contributed by atoms with Crippen molar-refractivity contribution in [3.63, 3.8) is 0 Å². The normalized spacial score (nSPS) is 23.6. The van der Waals surface area contributed by atoms with E-state index in [-0.39, 0.29) is 17.9 Å². The van der Waals surface area contributed by atoms with Gasteiger partial charge in [0.2, 0.25) is 0 Å². The van der Waals surface area contributed by atoms with Crippen LogP contribution >= 0.6 is 15.9 Å². The fourth-order valence-corrected chi connectivity index (χ4v) is 4.71. The maximum atomic E-state index is 12.3. The fraction of sp³-hybridized carbons (Fsp3) is 0.286. The van der Waals surface area contributed by atoms with E-state index in [4.69, 9.17) is 4.74 Å². The van der Waals surface area contributed by atoms with E-state index in [2.05, 4.69) is 58.5 Å². The van der Waals surface area contributed by atoms with Crippen LogP contribution in [0.15, 0.2) is 53.0 Å². The van der Waals surface area contributed by atoms with Crippen molar-refractivity contribution < 1.29 is 9.53 Å². The van der Waals surface area contributed by atoms with Gasteiger partial charge in [-0.15, -0.1) is 0 Å². The highest BCUT2D eigenvalue weighted by Gasteiger charge is 2.41. The van der Waals surface area contributed by atoms with Gasteiger partial charge < -0.3 is 10.1 Å². The molecule has 2 aromatic rings. The summed E-state index contributed by atoms with van der Waals surface area (Å²) in [5.41, 5.74) is 5.22. The summed E-state index contributed by atoms with van der Waals surface area (Å²) in [5.74, 6) is 0.343. The molecule has 0 fully saturated rings. The number of aryl methyl sites for hydroxylation is 1. The zero-order valence-corrected chi connectivity index (χ0v) is 15.8. The predicted octanol–water partition coefficient (Wildman–Crippen LogP) is 5.37. The monoisotopic (exact) mass is 397 g/mol. The van der Waals surface area contributed by atoms with Crippen LogP contribution < -0.4 is 5.32 Å². The maximum absolute atomic E-state index is 12.3. The largest absolute Gasteiger partial charge is 0.465 e. The molecule has 128 valence electrons. The van der Waals surface area contributed by atoms with Gasteiger partial charge in [-0.1, -0.05) is 52.3 Å². The number of nitrogens with one attached hydrogen (secondary N) is 1. The smallest absolute Gasteiger partial charge is 0.338 e. The molecule has 4 heteroatoms. The zero-order valence-electron chi connectivity index (χ0n) is 14.3. The minimum Gasteiger partial charge on any atom is -0.465 e. The highest BCUT2D eigenvalue weighted by atomic mass is 79.9. The van der Waals surface area contributed by atoms with Crippen molar-refractivity contribution in [2.45, 2.75) is 25.3 Å². The Morgan fingerprint density at radius 1 is 1.24 bits per heavy atom. The molecule has 0 bridgehead atoms. The van der Waals surface area contributed by atoms with E-state index in [1.165, 1.54) is 12.7 Å². The number of fused-ring (bicyclic) bond motifs is 3. The molecule has 0 aromatic heterocycles. The lowest BCUT2D eigenvalue weighted by Crippen LogP contribution is -2.31. The number of carbonyl (C=O) groups is 1. The van der Waals surface area contributed by atoms with E-state index in [0.29, 0.717) is 11.5 Å². The third-order valence-electron chi connectivity index (χ3n) is 5.37. The Balaban J connectivity index is 1.89. The lowest BCUT2D eigenvalue weighted by Gasteiger charge is -2.39. The molecule has 3 nitrogen and oxygen atoms in total. The number of hydrogen-bond acceptors (Lipinski definition) is 3. The van der Waals surface area contributed by atoms with Crippen LogP contribution in [-0.4, -0.2) is 13.1 Å². The first kappa shape index (κ1) is 16.4. The molecule has 1 aliphatic heterocycles. The van der Waals surface area contributed by atoms with Crippen LogP contribution in [0.5, 0.6) is 0 Å². The number of carbonyl (C=O) groups excluding carboxylic acids is 1. The second-order valence-electron chi connectivity index (χ2n) is 6.71. The quantitative estimate of drug-likeness (QED) is 0.546. The summed E-state index contributed by atoms with van der Waals surface area (Å²) in [6.07, 6.45) is 5.48. The topological polar surface area (TPSA) is 38.3 Å². The number of methoxy groups -OCH3 is 1. The van der Waals surface area contributed by atoms with Crippen LogP contribution in [0.1, 0.15) is 45.4 Å². The summed E-state index contributed by atoms with van der Waals surface area (Å²) in [6, 6.07) is 12.5. The molecule has 1 N–H and O–H groups in total. The van der Waals surface area contributed by atoms with Crippen LogP contribution in [0.4, 0.5) is 5.69 Å². The molecule has 2 aliphatic rings. The fourth-order valence-electron chi connectivity index (χ4n) is 4.18. The number of esters is 1. The third-order valence-corrected chi connectivity index (χ3v) is 6.10. The van der Waals surface area contributed by atoms with Crippen LogP contribution in [0, 0.1) is 12.8 Å². The molecular weight excluding hydrogens is 378 g/mol. The van der Waals surface area contributed by atoms with Gasteiger partial charge in [0.25, 0.3) is 0 Å². The maximum Gasteiger partial charge on any atom is 0.338 e. The lowest BCUT2D eigenvalue weighted by molar-refractivity contribution is 0.0598. The van der Waals surface area contributed by atoms with Crippen molar-refractivity contribution >= 4 is 27.6 Å². The van der Waals surface area contributed by atoms with Crippen molar-refractivity contribution in [1.29, 1.82) is 0 Å². The first-order valence-electron chi connectivity index (χ1n) is 8.51. The van der Waals surface area contributed by atoms with Crippen LogP contribution in [0.25, 0.3) is 0 Å². The zero-order chi connectivity index (χ0) is 17.6. The molecule has 2 aromatic carbocycles. The number of ether oxygens (including phenoxy) is 1. The number of anilines is 1. The molecule has 0 amide bonds. The second kappa shape index (κ2) is 6.34. The first-order chi connectivity index (χ1) is 12.1. The van der Waals surface area contributed by atoms with E-state index in [1.807, 2.05) is 18.2 Å². The van der Waals surface area contributed by atoms with E-state index < -0.39 is 0 Å². The van der Waals surface area contributed by atoms with Crippen LogP contribution in [0.2, 0.25) is 0 Å². The molecule has 0 unspecified atom stereocenters. The Bertz CT molecular complexity index is 874. The average Bonchev–Trinajstić information content (AvgIpc) is 3.11.